The summed E-state index contributed by atoms with van der Waals surface area (Å²) < 4.78 is 26.4. The number of aliphatic carboxylic acids is 1. The van der Waals surface area contributed by atoms with E-state index in [0.29, 0.717) is 23.2 Å². The number of carbonyl (C=O) groups is 1. The maximum atomic E-state index is 13.2. The summed E-state index contributed by atoms with van der Waals surface area (Å²) in [6.45, 7) is 1.85. The van der Waals surface area contributed by atoms with E-state index in [1.807, 2.05) is 13.0 Å². The van der Waals surface area contributed by atoms with Crippen molar-refractivity contribution >= 4 is 27.2 Å². The van der Waals surface area contributed by atoms with Gasteiger partial charge in [-0.25, -0.2) is 13.2 Å². The molecule has 0 saturated carbocycles. The first-order chi connectivity index (χ1) is 14.8. The molecule has 3 rings (SSSR count). The van der Waals surface area contributed by atoms with Crippen LogP contribution in [0.25, 0.3) is 0 Å². The van der Waals surface area contributed by atoms with Gasteiger partial charge in [-0.3, -0.25) is 0 Å². The van der Waals surface area contributed by atoms with Crippen LogP contribution in [-0.2, 0) is 21.1 Å². The van der Waals surface area contributed by atoms with Crippen molar-refractivity contribution in [1.29, 1.82) is 5.26 Å². The standard InChI is InChI=1S/C23H21N3O4S/c1-2-15-12-19(22(23(27)28)26-17-10-8-16(14-24)9-11-17)21(25)20(13-15)31(29,30)18-6-4-3-5-7-18/h3-13,22,26H,2,25H2,1H3,(H,27,28). The molecule has 0 radical (unpaired) electrons. The summed E-state index contributed by atoms with van der Waals surface area (Å²) in [5, 5.41) is 21.7. The van der Waals surface area contributed by atoms with Crippen molar-refractivity contribution in [2.45, 2.75) is 29.2 Å². The number of sulfone groups is 1. The molecule has 0 spiro atoms. The van der Waals surface area contributed by atoms with Crippen LogP contribution in [0.3, 0.4) is 0 Å². The highest BCUT2D eigenvalue weighted by Gasteiger charge is 2.29. The molecule has 0 aliphatic carbocycles. The van der Waals surface area contributed by atoms with Gasteiger partial charge in [0.15, 0.2) is 6.04 Å². The van der Waals surface area contributed by atoms with Gasteiger partial charge in [0.05, 0.1) is 27.1 Å². The summed E-state index contributed by atoms with van der Waals surface area (Å²) in [6.07, 6.45) is 0.494. The van der Waals surface area contributed by atoms with E-state index in [2.05, 4.69) is 5.32 Å². The number of carboxylic acid groups (broad SMARTS) is 1. The van der Waals surface area contributed by atoms with Crippen molar-refractivity contribution < 1.29 is 18.3 Å². The fourth-order valence-corrected chi connectivity index (χ4v) is 4.66. The molecule has 0 aliphatic rings. The molecular weight excluding hydrogens is 414 g/mol. The Kier molecular flexibility index (Phi) is 6.28. The summed E-state index contributed by atoms with van der Waals surface area (Å²) in [5.41, 5.74) is 7.82. The van der Waals surface area contributed by atoms with Crippen LogP contribution in [-0.4, -0.2) is 19.5 Å². The van der Waals surface area contributed by atoms with Crippen LogP contribution >= 0.6 is 0 Å². The smallest absolute Gasteiger partial charge is 0.330 e. The lowest BCUT2D eigenvalue weighted by molar-refractivity contribution is -0.138. The molecule has 3 aromatic rings. The topological polar surface area (TPSA) is 133 Å². The summed E-state index contributed by atoms with van der Waals surface area (Å²) in [4.78, 5) is 12.0. The molecule has 0 fully saturated rings. The molecule has 7 nitrogen and oxygen atoms in total. The molecule has 158 valence electrons. The Labute approximate surface area is 180 Å². The number of hydrogen-bond donors (Lipinski definition) is 3. The highest BCUT2D eigenvalue weighted by Crippen LogP contribution is 2.34. The zero-order chi connectivity index (χ0) is 22.6. The Morgan fingerprint density at radius 2 is 1.77 bits per heavy atom. The van der Waals surface area contributed by atoms with Gasteiger partial charge in [-0.2, -0.15) is 5.26 Å². The fourth-order valence-electron chi connectivity index (χ4n) is 3.18. The summed E-state index contributed by atoms with van der Waals surface area (Å²) in [7, 11) is -3.95. The van der Waals surface area contributed by atoms with Crippen molar-refractivity contribution in [1.82, 2.24) is 0 Å². The van der Waals surface area contributed by atoms with Crippen LogP contribution in [0, 0.1) is 11.3 Å². The zero-order valence-corrected chi connectivity index (χ0v) is 17.6. The highest BCUT2D eigenvalue weighted by molar-refractivity contribution is 7.91. The minimum Gasteiger partial charge on any atom is -0.479 e. The molecule has 0 aliphatic heterocycles. The van der Waals surface area contributed by atoms with Crippen LogP contribution in [0.4, 0.5) is 11.4 Å². The van der Waals surface area contributed by atoms with E-state index in [1.54, 1.807) is 48.5 Å². The predicted molar refractivity (Wildman–Crippen MR) is 117 cm³/mol. The first kappa shape index (κ1) is 21.9. The number of nitrogens with zero attached hydrogens (tertiary/aromatic N) is 1. The number of aryl methyl sites for hydroxylation is 1. The molecule has 4 N–H and O–H groups in total. The number of anilines is 2. The van der Waals surface area contributed by atoms with E-state index in [0.717, 1.165) is 0 Å². The average molecular weight is 436 g/mol. The van der Waals surface area contributed by atoms with Crippen LogP contribution in [0.15, 0.2) is 76.5 Å². The van der Waals surface area contributed by atoms with E-state index in [-0.39, 0.29) is 21.0 Å². The van der Waals surface area contributed by atoms with E-state index >= 15 is 0 Å². The Balaban J connectivity index is 2.13. The zero-order valence-electron chi connectivity index (χ0n) is 16.7. The lowest BCUT2D eigenvalue weighted by Gasteiger charge is -2.21. The first-order valence-electron chi connectivity index (χ1n) is 9.50. The summed E-state index contributed by atoms with van der Waals surface area (Å²) in [5.74, 6) is -1.22. The van der Waals surface area contributed by atoms with Gasteiger partial charge < -0.3 is 16.2 Å². The third-order valence-corrected chi connectivity index (χ3v) is 6.68. The molecule has 0 heterocycles. The molecule has 1 atom stereocenters. The Bertz CT molecular complexity index is 1250. The van der Waals surface area contributed by atoms with E-state index < -0.39 is 21.8 Å². The number of nitrogens with two attached hydrogens (primary N) is 1. The largest absolute Gasteiger partial charge is 0.479 e. The number of nitrogen functional groups attached to an aromatic ring is 1. The number of nitrogens with one attached hydrogen (secondary N) is 1. The lowest BCUT2D eigenvalue weighted by Crippen LogP contribution is -2.23. The van der Waals surface area contributed by atoms with Gasteiger partial charge >= 0.3 is 5.97 Å². The predicted octanol–water partition coefficient (Wildman–Crippen LogP) is 3.77. The minimum atomic E-state index is -3.95. The molecule has 31 heavy (non-hydrogen) atoms. The number of benzene rings is 3. The minimum absolute atomic E-state index is 0.0767. The summed E-state index contributed by atoms with van der Waals surface area (Å²) >= 11 is 0. The number of hydrogen-bond acceptors (Lipinski definition) is 6. The third-order valence-electron chi connectivity index (χ3n) is 4.87. The molecule has 8 heteroatoms. The van der Waals surface area contributed by atoms with Crippen LogP contribution in [0.2, 0.25) is 0 Å². The second-order valence-electron chi connectivity index (χ2n) is 6.87. The van der Waals surface area contributed by atoms with Gasteiger partial charge in [0, 0.05) is 11.3 Å². The normalized spacial score (nSPS) is 12.0. The van der Waals surface area contributed by atoms with Gasteiger partial charge in [-0.05, 0) is 54.4 Å². The van der Waals surface area contributed by atoms with Gasteiger partial charge in [0.25, 0.3) is 0 Å². The van der Waals surface area contributed by atoms with Crippen molar-refractivity contribution in [3.05, 3.63) is 83.4 Å². The maximum absolute atomic E-state index is 13.2. The van der Waals surface area contributed by atoms with Crippen LogP contribution < -0.4 is 11.1 Å². The second-order valence-corrected chi connectivity index (χ2v) is 8.79. The molecule has 0 aromatic heterocycles. The SMILES string of the molecule is CCc1cc(C(Nc2ccc(C#N)cc2)C(=O)O)c(N)c(S(=O)(=O)c2ccccc2)c1. The maximum Gasteiger partial charge on any atom is 0.330 e. The van der Waals surface area contributed by atoms with Crippen LogP contribution in [0.5, 0.6) is 0 Å². The number of rotatable bonds is 7. The lowest BCUT2D eigenvalue weighted by atomic mass is 10.00. The van der Waals surface area contributed by atoms with Gasteiger partial charge in [-0.1, -0.05) is 31.2 Å². The molecular formula is C23H21N3O4S. The molecule has 3 aromatic carbocycles. The Morgan fingerprint density at radius 3 is 2.32 bits per heavy atom. The van der Waals surface area contributed by atoms with Gasteiger partial charge in [0.1, 0.15) is 0 Å². The van der Waals surface area contributed by atoms with Crippen molar-refractivity contribution in [2.75, 3.05) is 11.1 Å². The van der Waals surface area contributed by atoms with E-state index in [1.165, 1.54) is 18.2 Å². The average Bonchev–Trinajstić information content (AvgIpc) is 2.78. The molecule has 1 unspecified atom stereocenters. The monoisotopic (exact) mass is 435 g/mol. The second kappa shape index (κ2) is 8.90. The quantitative estimate of drug-likeness (QED) is 0.481. The van der Waals surface area contributed by atoms with Crippen molar-refractivity contribution in [3.8, 4) is 6.07 Å². The van der Waals surface area contributed by atoms with Crippen molar-refractivity contribution in [3.63, 3.8) is 0 Å². The summed E-state index contributed by atoms with van der Waals surface area (Å²) in [6, 6.07) is 17.9. The van der Waals surface area contributed by atoms with Gasteiger partial charge in [0.2, 0.25) is 9.84 Å². The fraction of sp³-hybridized carbons (Fsp3) is 0.130. The Morgan fingerprint density at radius 1 is 1.13 bits per heavy atom. The molecule has 0 saturated heterocycles. The molecule has 0 amide bonds. The first-order valence-corrected chi connectivity index (χ1v) is 11.0. The van der Waals surface area contributed by atoms with E-state index in [4.69, 9.17) is 11.0 Å². The highest BCUT2D eigenvalue weighted by atomic mass is 32.2. The van der Waals surface area contributed by atoms with E-state index in [9.17, 15) is 18.3 Å². The van der Waals surface area contributed by atoms with Gasteiger partial charge in [-0.15, -0.1) is 0 Å². The van der Waals surface area contributed by atoms with Crippen molar-refractivity contribution in [2.24, 2.45) is 0 Å². The third kappa shape index (κ3) is 4.52. The van der Waals surface area contributed by atoms with Crippen LogP contribution in [0.1, 0.15) is 29.7 Å². The number of carboxylic acids is 1. The molecule has 0 bridgehead atoms. The Hall–Kier alpha value is -3.83. The number of nitriles is 1.